The molecule has 5 heterocycles. The first-order valence-corrected chi connectivity index (χ1v) is 15.5. The van der Waals surface area contributed by atoms with Gasteiger partial charge in [-0.25, -0.2) is 0 Å². The number of morpholine rings is 1. The molecule has 1 spiro atoms. The SMILES string of the molecule is CC[C@]12/C=C\CCCCOC(=O)[C@H]1[C@H]1C(=O)N([C@@H](CO)CC(C)C)C3C(=O)N(CCN4CCOCC4)CC=C[C@@]31O2. The van der Waals surface area contributed by atoms with Gasteiger partial charge in [0, 0.05) is 32.7 Å². The lowest BCUT2D eigenvalue weighted by atomic mass is 9.73. The molecule has 0 aromatic carbocycles. The highest BCUT2D eigenvalue weighted by Gasteiger charge is 2.75. The maximum Gasteiger partial charge on any atom is 0.313 e. The van der Waals surface area contributed by atoms with Crippen molar-refractivity contribution in [2.75, 3.05) is 59.2 Å². The molecule has 5 aliphatic heterocycles. The monoisotopic (exact) mass is 573 g/mol. The fraction of sp³-hybridized carbons (Fsp3) is 0.774. The Labute approximate surface area is 243 Å². The van der Waals surface area contributed by atoms with Crippen LogP contribution in [0.2, 0.25) is 0 Å². The van der Waals surface area contributed by atoms with Gasteiger partial charge in [0.1, 0.15) is 23.2 Å². The summed E-state index contributed by atoms with van der Waals surface area (Å²) in [6, 6.07) is -1.56. The van der Waals surface area contributed by atoms with E-state index < -0.39 is 41.1 Å². The smallest absolute Gasteiger partial charge is 0.313 e. The van der Waals surface area contributed by atoms with E-state index in [2.05, 4.69) is 11.0 Å². The number of likely N-dealkylation sites (tertiary alicyclic amines) is 1. The van der Waals surface area contributed by atoms with Crippen LogP contribution in [-0.4, -0.2) is 120 Å². The molecule has 0 aliphatic carbocycles. The Morgan fingerprint density at radius 2 is 1.78 bits per heavy atom. The van der Waals surface area contributed by atoms with Gasteiger partial charge >= 0.3 is 5.97 Å². The number of cyclic esters (lactones) is 1. The van der Waals surface area contributed by atoms with Gasteiger partial charge < -0.3 is 29.1 Å². The van der Waals surface area contributed by atoms with Gasteiger partial charge in [-0.05, 0) is 38.0 Å². The number of aliphatic hydroxyl groups is 1. The number of ether oxygens (including phenoxy) is 3. The second kappa shape index (κ2) is 12.5. The summed E-state index contributed by atoms with van der Waals surface area (Å²) in [6.45, 7) is 10.6. The first-order valence-electron chi connectivity index (χ1n) is 15.5. The van der Waals surface area contributed by atoms with Crippen LogP contribution in [0.1, 0.15) is 52.9 Å². The van der Waals surface area contributed by atoms with Gasteiger partial charge in [0.15, 0.2) is 0 Å². The van der Waals surface area contributed by atoms with Crippen LogP contribution < -0.4 is 0 Å². The van der Waals surface area contributed by atoms with Crippen molar-refractivity contribution in [3.63, 3.8) is 0 Å². The van der Waals surface area contributed by atoms with Crippen molar-refractivity contribution < 1.29 is 33.7 Å². The van der Waals surface area contributed by atoms with E-state index in [4.69, 9.17) is 14.2 Å². The average Bonchev–Trinajstić information content (AvgIpc) is 3.33. The number of esters is 1. The number of carbonyl (C=O) groups excluding carboxylic acids is 3. The summed E-state index contributed by atoms with van der Waals surface area (Å²) in [6.07, 6.45) is 11.2. The standard InChI is InChI=1S/C31H47N3O7/c1-4-30-10-7-5-6-8-17-40-29(38)25(30)24-27(36)34(23(21-35)20-22(2)3)26-28(37)33(12-9-11-31(24,26)41-30)14-13-32-15-18-39-19-16-32/h7,9-11,22-26,35H,4-6,8,12-21H2,1-3H3/b10-7-/t23-,24+,25-,26?,30+,31+/m1/s1. The Kier molecular flexibility index (Phi) is 9.23. The fourth-order valence-electron chi connectivity index (χ4n) is 7.53. The van der Waals surface area contributed by atoms with E-state index in [1.807, 2.05) is 39.0 Å². The molecule has 2 amide bonds. The summed E-state index contributed by atoms with van der Waals surface area (Å²) in [7, 11) is 0. The summed E-state index contributed by atoms with van der Waals surface area (Å²) in [5.74, 6) is -2.60. The fourth-order valence-corrected chi connectivity index (χ4v) is 7.53. The van der Waals surface area contributed by atoms with Crippen molar-refractivity contribution in [3.8, 4) is 0 Å². The van der Waals surface area contributed by atoms with Crippen LogP contribution in [0.15, 0.2) is 24.3 Å². The molecular weight excluding hydrogens is 526 g/mol. The van der Waals surface area contributed by atoms with Gasteiger partial charge in [-0.3, -0.25) is 19.3 Å². The van der Waals surface area contributed by atoms with Crippen LogP contribution in [0, 0.1) is 17.8 Å². The maximum absolute atomic E-state index is 14.6. The van der Waals surface area contributed by atoms with E-state index in [0.29, 0.717) is 52.3 Å². The summed E-state index contributed by atoms with van der Waals surface area (Å²) < 4.78 is 18.3. The average molecular weight is 574 g/mol. The lowest BCUT2D eigenvalue weighted by Crippen LogP contribution is -2.59. The molecule has 228 valence electrons. The van der Waals surface area contributed by atoms with Crippen molar-refractivity contribution in [1.29, 1.82) is 0 Å². The highest BCUT2D eigenvalue weighted by Crippen LogP contribution is 2.58. The van der Waals surface area contributed by atoms with Crippen LogP contribution in [0.4, 0.5) is 0 Å². The number of nitrogens with zero attached hydrogens (tertiary/aromatic N) is 3. The van der Waals surface area contributed by atoms with E-state index in [1.165, 1.54) is 0 Å². The van der Waals surface area contributed by atoms with E-state index in [-0.39, 0.29) is 24.3 Å². The maximum atomic E-state index is 14.6. The molecular formula is C31H47N3O7. The highest BCUT2D eigenvalue weighted by atomic mass is 16.6. The number of amides is 2. The van der Waals surface area contributed by atoms with Crippen LogP contribution in [0.3, 0.4) is 0 Å². The third-order valence-electron chi connectivity index (χ3n) is 9.54. The van der Waals surface area contributed by atoms with Crippen LogP contribution in [-0.2, 0) is 28.6 Å². The third kappa shape index (κ3) is 5.48. The molecule has 10 nitrogen and oxygen atoms in total. The number of carbonyl (C=O) groups is 3. The normalized spacial score (nSPS) is 36.0. The summed E-state index contributed by atoms with van der Waals surface area (Å²) in [4.78, 5) is 48.6. The largest absolute Gasteiger partial charge is 0.465 e. The second-order valence-electron chi connectivity index (χ2n) is 12.5. The number of hydrogen-bond donors (Lipinski definition) is 1. The molecule has 1 N–H and O–H groups in total. The molecule has 10 heteroatoms. The Bertz CT molecular complexity index is 1040. The first-order chi connectivity index (χ1) is 19.8. The number of aliphatic hydroxyl groups excluding tert-OH is 1. The van der Waals surface area contributed by atoms with E-state index in [0.717, 1.165) is 32.4 Å². The Balaban J connectivity index is 1.57. The summed E-state index contributed by atoms with van der Waals surface area (Å²) in [5.41, 5.74) is -2.41. The predicted molar refractivity (Wildman–Crippen MR) is 152 cm³/mol. The first kappa shape index (κ1) is 30.2. The van der Waals surface area contributed by atoms with Crippen molar-refractivity contribution in [2.45, 2.75) is 76.2 Å². The Morgan fingerprint density at radius 3 is 2.49 bits per heavy atom. The van der Waals surface area contributed by atoms with Crippen molar-refractivity contribution >= 4 is 17.8 Å². The molecule has 0 radical (unpaired) electrons. The number of rotatable bonds is 8. The lowest BCUT2D eigenvalue weighted by Gasteiger charge is -2.41. The van der Waals surface area contributed by atoms with E-state index in [1.54, 1.807) is 9.80 Å². The van der Waals surface area contributed by atoms with Crippen molar-refractivity contribution in [1.82, 2.24) is 14.7 Å². The number of fused-ring (bicyclic) bond motifs is 2. The lowest BCUT2D eigenvalue weighted by molar-refractivity contribution is -0.163. The van der Waals surface area contributed by atoms with Crippen LogP contribution in [0.5, 0.6) is 0 Å². The van der Waals surface area contributed by atoms with Gasteiger partial charge in [-0.2, -0.15) is 0 Å². The summed E-state index contributed by atoms with van der Waals surface area (Å²) in [5, 5.41) is 10.5. The molecule has 6 atom stereocenters. The highest BCUT2D eigenvalue weighted by molar-refractivity contribution is 5.99. The van der Waals surface area contributed by atoms with Crippen molar-refractivity contribution in [3.05, 3.63) is 24.3 Å². The minimum absolute atomic E-state index is 0.183. The molecule has 3 fully saturated rings. The van der Waals surface area contributed by atoms with Crippen LogP contribution in [0.25, 0.3) is 0 Å². The number of hydrogen-bond acceptors (Lipinski definition) is 8. The zero-order chi connectivity index (χ0) is 29.2. The topological polar surface area (TPSA) is 109 Å². The second-order valence-corrected chi connectivity index (χ2v) is 12.5. The summed E-state index contributed by atoms with van der Waals surface area (Å²) >= 11 is 0. The molecule has 3 saturated heterocycles. The Morgan fingerprint density at radius 1 is 1.00 bits per heavy atom. The molecule has 41 heavy (non-hydrogen) atoms. The van der Waals surface area contributed by atoms with Gasteiger partial charge in [-0.1, -0.05) is 45.1 Å². The predicted octanol–water partition coefficient (Wildman–Crippen LogP) is 1.77. The molecule has 0 bridgehead atoms. The Hall–Kier alpha value is -2.27. The zero-order valence-corrected chi connectivity index (χ0v) is 24.8. The van der Waals surface area contributed by atoms with Crippen LogP contribution >= 0.6 is 0 Å². The van der Waals surface area contributed by atoms with Gasteiger partial charge in [0.2, 0.25) is 11.8 Å². The van der Waals surface area contributed by atoms with Gasteiger partial charge in [0.05, 0.1) is 38.4 Å². The molecule has 0 saturated carbocycles. The van der Waals surface area contributed by atoms with Gasteiger partial charge in [0.25, 0.3) is 0 Å². The van der Waals surface area contributed by atoms with Crippen molar-refractivity contribution in [2.24, 2.45) is 17.8 Å². The molecule has 0 aromatic rings. The van der Waals surface area contributed by atoms with E-state index >= 15 is 0 Å². The molecule has 1 unspecified atom stereocenters. The minimum atomic E-state index is -1.34. The molecule has 5 rings (SSSR count). The minimum Gasteiger partial charge on any atom is -0.465 e. The van der Waals surface area contributed by atoms with E-state index in [9.17, 15) is 19.5 Å². The third-order valence-corrected chi connectivity index (χ3v) is 9.54. The number of allylic oxidation sites excluding steroid dienone is 1. The van der Waals surface area contributed by atoms with Gasteiger partial charge in [-0.15, -0.1) is 0 Å². The molecule has 0 aromatic heterocycles. The zero-order valence-electron chi connectivity index (χ0n) is 24.8. The molecule has 5 aliphatic rings. The quantitative estimate of drug-likeness (QED) is 0.346.